The summed E-state index contributed by atoms with van der Waals surface area (Å²) in [6.45, 7) is 3.47. The summed E-state index contributed by atoms with van der Waals surface area (Å²) >= 11 is 0. The van der Waals surface area contributed by atoms with E-state index in [1.165, 1.54) is 45.2 Å². The first-order valence-electron chi connectivity index (χ1n) is 6.11. The van der Waals surface area contributed by atoms with Crippen molar-refractivity contribution in [2.45, 2.75) is 32.1 Å². The van der Waals surface area contributed by atoms with E-state index in [2.05, 4.69) is 5.32 Å². The van der Waals surface area contributed by atoms with Gasteiger partial charge in [0.05, 0.1) is 0 Å². The molecule has 0 aromatic carbocycles. The molecule has 0 aromatic rings. The monoisotopic (exact) mass is 197 g/mol. The molecule has 1 saturated heterocycles. The molecule has 1 atom stereocenters. The van der Waals surface area contributed by atoms with E-state index in [4.69, 9.17) is 4.74 Å². The quantitative estimate of drug-likeness (QED) is 0.728. The molecule has 14 heavy (non-hydrogen) atoms. The molecule has 82 valence electrons. The summed E-state index contributed by atoms with van der Waals surface area (Å²) < 4.78 is 5.23. The highest BCUT2D eigenvalue weighted by Gasteiger charge is 2.33. The maximum atomic E-state index is 5.23. The Labute approximate surface area is 87.4 Å². The first kappa shape index (κ1) is 10.4. The van der Waals surface area contributed by atoms with Crippen molar-refractivity contribution < 1.29 is 4.74 Å². The first-order valence-corrected chi connectivity index (χ1v) is 6.11. The van der Waals surface area contributed by atoms with Gasteiger partial charge < -0.3 is 10.1 Å². The lowest BCUT2D eigenvalue weighted by atomic mass is 9.76. The number of rotatable bonds is 5. The van der Waals surface area contributed by atoms with Gasteiger partial charge in [0.25, 0.3) is 0 Å². The zero-order valence-electron chi connectivity index (χ0n) is 9.30. The molecule has 2 rings (SSSR count). The molecule has 1 saturated carbocycles. The molecule has 2 heteroatoms. The highest BCUT2D eigenvalue weighted by molar-refractivity contribution is 4.87. The van der Waals surface area contributed by atoms with Gasteiger partial charge in [-0.2, -0.15) is 0 Å². The second-order valence-corrected chi connectivity index (χ2v) is 4.91. The Kier molecular flexibility index (Phi) is 3.82. The molecule has 2 nitrogen and oxygen atoms in total. The van der Waals surface area contributed by atoms with Crippen LogP contribution in [-0.2, 0) is 4.74 Å². The molecule has 1 N–H and O–H groups in total. The van der Waals surface area contributed by atoms with Crippen LogP contribution in [0.4, 0.5) is 0 Å². The van der Waals surface area contributed by atoms with Crippen molar-refractivity contribution in [2.24, 2.45) is 17.8 Å². The van der Waals surface area contributed by atoms with Gasteiger partial charge in [-0.05, 0) is 37.3 Å². The van der Waals surface area contributed by atoms with Crippen LogP contribution in [0.1, 0.15) is 32.1 Å². The number of hydrogen-bond donors (Lipinski definition) is 1. The molecular weight excluding hydrogens is 174 g/mol. The third-order valence-electron chi connectivity index (χ3n) is 4.08. The van der Waals surface area contributed by atoms with Crippen molar-refractivity contribution in [3.63, 3.8) is 0 Å². The van der Waals surface area contributed by atoms with Crippen LogP contribution in [0.5, 0.6) is 0 Å². The van der Waals surface area contributed by atoms with Gasteiger partial charge in [-0.1, -0.05) is 25.7 Å². The molecule has 2 fully saturated rings. The standard InChI is InChI=1S/C12H23NO/c1-14-7-6-12(11-8-13-9-11)10-4-2-3-5-10/h10-13H,2-9H2,1H3. The van der Waals surface area contributed by atoms with Crippen molar-refractivity contribution >= 4 is 0 Å². The van der Waals surface area contributed by atoms with Gasteiger partial charge in [0.1, 0.15) is 0 Å². The van der Waals surface area contributed by atoms with Crippen LogP contribution in [0, 0.1) is 17.8 Å². The van der Waals surface area contributed by atoms with Crippen molar-refractivity contribution in [2.75, 3.05) is 26.8 Å². The minimum Gasteiger partial charge on any atom is -0.385 e. The van der Waals surface area contributed by atoms with E-state index in [0.717, 1.165) is 24.4 Å². The lowest BCUT2D eigenvalue weighted by Crippen LogP contribution is -2.48. The second-order valence-electron chi connectivity index (χ2n) is 4.91. The Morgan fingerprint density at radius 3 is 2.43 bits per heavy atom. The largest absolute Gasteiger partial charge is 0.385 e. The maximum absolute atomic E-state index is 5.23. The van der Waals surface area contributed by atoms with E-state index in [0.29, 0.717) is 0 Å². The smallest absolute Gasteiger partial charge is 0.0465 e. The Hall–Kier alpha value is -0.0800. The van der Waals surface area contributed by atoms with Gasteiger partial charge in [-0.25, -0.2) is 0 Å². The zero-order valence-corrected chi connectivity index (χ0v) is 9.30. The molecule has 0 aromatic heterocycles. The Morgan fingerprint density at radius 1 is 1.21 bits per heavy atom. The Bertz CT molecular complexity index is 162. The van der Waals surface area contributed by atoms with Gasteiger partial charge >= 0.3 is 0 Å². The molecule has 0 amide bonds. The van der Waals surface area contributed by atoms with Crippen molar-refractivity contribution in [3.05, 3.63) is 0 Å². The van der Waals surface area contributed by atoms with Gasteiger partial charge in [-0.15, -0.1) is 0 Å². The van der Waals surface area contributed by atoms with Gasteiger partial charge in [0.2, 0.25) is 0 Å². The number of hydrogen-bond acceptors (Lipinski definition) is 2. The summed E-state index contributed by atoms with van der Waals surface area (Å²) in [4.78, 5) is 0. The minimum atomic E-state index is 0.943. The highest BCUT2D eigenvalue weighted by atomic mass is 16.5. The van der Waals surface area contributed by atoms with Crippen LogP contribution in [0.25, 0.3) is 0 Å². The van der Waals surface area contributed by atoms with E-state index in [1.54, 1.807) is 0 Å². The fraction of sp³-hybridized carbons (Fsp3) is 1.00. The predicted octanol–water partition coefficient (Wildman–Crippen LogP) is 2.05. The number of nitrogens with one attached hydrogen (secondary N) is 1. The zero-order chi connectivity index (χ0) is 9.80. The summed E-state index contributed by atoms with van der Waals surface area (Å²) in [5.41, 5.74) is 0. The van der Waals surface area contributed by atoms with E-state index in [1.807, 2.05) is 7.11 Å². The fourth-order valence-electron chi connectivity index (χ4n) is 3.11. The van der Waals surface area contributed by atoms with Gasteiger partial charge in [-0.3, -0.25) is 0 Å². The number of ether oxygens (including phenoxy) is 1. The summed E-state index contributed by atoms with van der Waals surface area (Å²) in [7, 11) is 1.82. The molecule has 2 aliphatic rings. The van der Waals surface area contributed by atoms with E-state index in [-0.39, 0.29) is 0 Å². The molecule has 1 aliphatic heterocycles. The fourth-order valence-corrected chi connectivity index (χ4v) is 3.11. The van der Waals surface area contributed by atoms with Crippen molar-refractivity contribution in [1.29, 1.82) is 0 Å². The van der Waals surface area contributed by atoms with Crippen LogP contribution in [0.2, 0.25) is 0 Å². The molecule has 1 heterocycles. The van der Waals surface area contributed by atoms with Gasteiger partial charge in [0, 0.05) is 13.7 Å². The molecule has 1 unspecified atom stereocenters. The van der Waals surface area contributed by atoms with Crippen LogP contribution in [-0.4, -0.2) is 26.8 Å². The average Bonchev–Trinajstić information content (AvgIpc) is 2.61. The van der Waals surface area contributed by atoms with Crippen LogP contribution < -0.4 is 5.32 Å². The summed E-state index contributed by atoms with van der Waals surface area (Å²) in [6.07, 6.45) is 7.17. The number of methoxy groups -OCH3 is 1. The first-order chi connectivity index (χ1) is 6.92. The highest BCUT2D eigenvalue weighted by Crippen LogP contribution is 2.38. The van der Waals surface area contributed by atoms with Crippen LogP contribution in [0.15, 0.2) is 0 Å². The topological polar surface area (TPSA) is 21.3 Å². The normalized spacial score (nSPS) is 26.4. The molecule has 1 aliphatic carbocycles. The Morgan fingerprint density at radius 2 is 1.93 bits per heavy atom. The van der Waals surface area contributed by atoms with Crippen LogP contribution in [0.3, 0.4) is 0 Å². The van der Waals surface area contributed by atoms with Crippen LogP contribution >= 0.6 is 0 Å². The van der Waals surface area contributed by atoms with Crippen molar-refractivity contribution in [1.82, 2.24) is 5.32 Å². The maximum Gasteiger partial charge on any atom is 0.0465 e. The van der Waals surface area contributed by atoms with E-state index >= 15 is 0 Å². The van der Waals surface area contributed by atoms with Gasteiger partial charge in [0.15, 0.2) is 0 Å². The predicted molar refractivity (Wildman–Crippen MR) is 58.3 cm³/mol. The average molecular weight is 197 g/mol. The summed E-state index contributed by atoms with van der Waals surface area (Å²) in [5.74, 6) is 2.91. The second kappa shape index (κ2) is 5.13. The molecular formula is C12H23NO. The molecule has 0 radical (unpaired) electrons. The SMILES string of the molecule is COCCC(C1CCCC1)C1CNC1. The molecule has 0 bridgehead atoms. The summed E-state index contributed by atoms with van der Waals surface area (Å²) in [5, 5.41) is 3.40. The lowest BCUT2D eigenvalue weighted by molar-refractivity contribution is 0.106. The molecule has 0 spiro atoms. The van der Waals surface area contributed by atoms with E-state index < -0.39 is 0 Å². The van der Waals surface area contributed by atoms with E-state index in [9.17, 15) is 0 Å². The summed E-state index contributed by atoms with van der Waals surface area (Å²) in [6, 6.07) is 0. The van der Waals surface area contributed by atoms with Crippen molar-refractivity contribution in [3.8, 4) is 0 Å². The minimum absolute atomic E-state index is 0.943. The Balaban J connectivity index is 1.83. The third-order valence-corrected chi connectivity index (χ3v) is 4.08. The third kappa shape index (κ3) is 2.29. The lowest BCUT2D eigenvalue weighted by Gasteiger charge is -2.38.